The quantitative estimate of drug-likeness (QED) is 0.711. The summed E-state index contributed by atoms with van der Waals surface area (Å²) in [6.45, 7) is 6.90. The monoisotopic (exact) mass is 310 g/mol. The molecule has 3 heterocycles. The predicted octanol–water partition coefficient (Wildman–Crippen LogP) is 0.506. The molecule has 0 spiro atoms. The maximum Gasteiger partial charge on any atom is 0.312 e. The molecule has 3 aliphatic heterocycles. The molecule has 0 radical (unpaired) electrons. The van der Waals surface area contributed by atoms with E-state index < -0.39 is 5.92 Å². The van der Waals surface area contributed by atoms with Crippen LogP contribution in [0.1, 0.15) is 26.7 Å². The Hall–Kier alpha value is -1.14. The van der Waals surface area contributed by atoms with Gasteiger partial charge in [0.15, 0.2) is 0 Å². The molecule has 3 fully saturated rings. The van der Waals surface area contributed by atoms with E-state index in [1.807, 2.05) is 18.7 Å². The largest absolute Gasteiger partial charge is 0.463 e. The summed E-state index contributed by atoms with van der Waals surface area (Å²) in [6, 6.07) is 0. The van der Waals surface area contributed by atoms with Crippen LogP contribution in [0.2, 0.25) is 0 Å². The molecule has 1 amide bonds. The van der Waals surface area contributed by atoms with Crippen molar-refractivity contribution < 1.29 is 19.1 Å². The molecule has 124 valence electrons. The number of piperazine rings is 1. The molecule has 3 rings (SSSR count). The standard InChI is InChI=1S/C16H26N2O4/c1-10(2)21-16(20)14-12-5-4-11(22-12)13(14)15(19)18-8-6-17(3)7-9-18/h10-14H,4-9H2,1-3H3. The van der Waals surface area contributed by atoms with E-state index in [0.29, 0.717) is 0 Å². The van der Waals surface area contributed by atoms with E-state index in [9.17, 15) is 9.59 Å². The Morgan fingerprint density at radius 1 is 1.05 bits per heavy atom. The van der Waals surface area contributed by atoms with Crippen molar-refractivity contribution >= 4 is 11.9 Å². The van der Waals surface area contributed by atoms with Crippen LogP contribution < -0.4 is 0 Å². The van der Waals surface area contributed by atoms with Crippen LogP contribution in [-0.2, 0) is 19.1 Å². The number of carbonyl (C=O) groups is 2. The summed E-state index contributed by atoms with van der Waals surface area (Å²) >= 11 is 0. The minimum Gasteiger partial charge on any atom is -0.463 e. The molecular weight excluding hydrogens is 284 g/mol. The number of nitrogens with zero attached hydrogens (tertiary/aromatic N) is 2. The van der Waals surface area contributed by atoms with E-state index in [1.165, 1.54) is 0 Å². The number of hydrogen-bond acceptors (Lipinski definition) is 5. The average molecular weight is 310 g/mol. The van der Waals surface area contributed by atoms with Gasteiger partial charge in [-0.05, 0) is 33.7 Å². The van der Waals surface area contributed by atoms with E-state index in [2.05, 4.69) is 11.9 Å². The van der Waals surface area contributed by atoms with Crippen LogP contribution in [0.4, 0.5) is 0 Å². The Kier molecular flexibility index (Phi) is 4.41. The van der Waals surface area contributed by atoms with E-state index in [1.54, 1.807) is 0 Å². The number of esters is 1. The van der Waals surface area contributed by atoms with Crippen LogP contribution in [0.5, 0.6) is 0 Å². The molecule has 3 aliphatic rings. The Bertz CT molecular complexity index is 445. The number of amides is 1. The summed E-state index contributed by atoms with van der Waals surface area (Å²) in [7, 11) is 2.06. The highest BCUT2D eigenvalue weighted by Gasteiger charge is 2.57. The van der Waals surface area contributed by atoms with Gasteiger partial charge in [-0.2, -0.15) is 0 Å². The lowest BCUT2D eigenvalue weighted by molar-refractivity contribution is -0.159. The molecule has 0 aliphatic carbocycles. The van der Waals surface area contributed by atoms with Gasteiger partial charge < -0.3 is 19.3 Å². The summed E-state index contributed by atoms with van der Waals surface area (Å²) in [4.78, 5) is 29.4. The number of likely N-dealkylation sites (N-methyl/N-ethyl adjacent to an activating group) is 1. The molecule has 0 aromatic carbocycles. The predicted molar refractivity (Wildman–Crippen MR) is 80.2 cm³/mol. The van der Waals surface area contributed by atoms with Gasteiger partial charge in [-0.1, -0.05) is 0 Å². The first-order chi connectivity index (χ1) is 10.5. The van der Waals surface area contributed by atoms with Gasteiger partial charge in [0, 0.05) is 26.2 Å². The normalized spacial score (nSPS) is 35.2. The van der Waals surface area contributed by atoms with Crippen LogP contribution in [0, 0.1) is 11.8 Å². The zero-order valence-corrected chi connectivity index (χ0v) is 13.7. The fourth-order valence-electron chi connectivity index (χ4n) is 3.84. The fourth-order valence-corrected chi connectivity index (χ4v) is 3.84. The zero-order chi connectivity index (χ0) is 15.9. The first kappa shape index (κ1) is 15.7. The Morgan fingerprint density at radius 3 is 2.23 bits per heavy atom. The minimum absolute atomic E-state index is 0.0750. The molecule has 4 unspecified atom stereocenters. The molecule has 2 bridgehead atoms. The maximum atomic E-state index is 12.9. The molecule has 0 saturated carbocycles. The van der Waals surface area contributed by atoms with E-state index in [4.69, 9.17) is 9.47 Å². The van der Waals surface area contributed by atoms with Crippen molar-refractivity contribution in [3.05, 3.63) is 0 Å². The van der Waals surface area contributed by atoms with Gasteiger partial charge in [0.2, 0.25) is 5.91 Å². The molecular formula is C16H26N2O4. The van der Waals surface area contributed by atoms with Gasteiger partial charge in [-0.3, -0.25) is 9.59 Å². The van der Waals surface area contributed by atoms with Gasteiger partial charge in [-0.25, -0.2) is 0 Å². The maximum absolute atomic E-state index is 12.9. The number of fused-ring (bicyclic) bond motifs is 2. The third kappa shape index (κ3) is 2.86. The van der Waals surface area contributed by atoms with Crippen molar-refractivity contribution in [2.75, 3.05) is 33.2 Å². The fraction of sp³-hybridized carbons (Fsp3) is 0.875. The van der Waals surface area contributed by atoms with Crippen LogP contribution in [-0.4, -0.2) is 73.2 Å². The molecule has 4 atom stereocenters. The van der Waals surface area contributed by atoms with Gasteiger partial charge in [-0.15, -0.1) is 0 Å². The lowest BCUT2D eigenvalue weighted by Gasteiger charge is -2.36. The van der Waals surface area contributed by atoms with Crippen molar-refractivity contribution in [2.24, 2.45) is 11.8 Å². The van der Waals surface area contributed by atoms with Crippen LogP contribution >= 0.6 is 0 Å². The summed E-state index contributed by atoms with van der Waals surface area (Å²) in [5.74, 6) is -0.970. The van der Waals surface area contributed by atoms with Crippen molar-refractivity contribution in [3.63, 3.8) is 0 Å². The second kappa shape index (κ2) is 6.16. The third-order valence-corrected chi connectivity index (χ3v) is 5.00. The van der Waals surface area contributed by atoms with Crippen molar-refractivity contribution in [1.29, 1.82) is 0 Å². The number of carbonyl (C=O) groups excluding carboxylic acids is 2. The molecule has 0 N–H and O–H groups in total. The van der Waals surface area contributed by atoms with Crippen LogP contribution in [0.3, 0.4) is 0 Å². The Morgan fingerprint density at radius 2 is 1.64 bits per heavy atom. The summed E-state index contributed by atoms with van der Waals surface area (Å²) in [5.41, 5.74) is 0. The highest BCUT2D eigenvalue weighted by Crippen LogP contribution is 2.45. The van der Waals surface area contributed by atoms with Crippen molar-refractivity contribution in [3.8, 4) is 0 Å². The number of hydrogen-bond donors (Lipinski definition) is 0. The van der Waals surface area contributed by atoms with E-state index in [-0.39, 0.29) is 36.1 Å². The Labute approximate surface area is 131 Å². The second-order valence-electron chi connectivity index (χ2n) is 6.96. The average Bonchev–Trinajstić information content (AvgIpc) is 3.07. The lowest BCUT2D eigenvalue weighted by Crippen LogP contribution is -2.52. The van der Waals surface area contributed by atoms with Gasteiger partial charge in [0.25, 0.3) is 0 Å². The summed E-state index contributed by atoms with van der Waals surface area (Å²) < 4.78 is 11.2. The summed E-state index contributed by atoms with van der Waals surface area (Å²) in [6.07, 6.45) is 1.32. The molecule has 0 aromatic heterocycles. The van der Waals surface area contributed by atoms with E-state index >= 15 is 0 Å². The third-order valence-electron chi connectivity index (χ3n) is 5.00. The van der Waals surface area contributed by atoms with Gasteiger partial charge in [0.05, 0.1) is 30.1 Å². The summed E-state index contributed by atoms with van der Waals surface area (Å²) in [5, 5.41) is 0. The zero-order valence-electron chi connectivity index (χ0n) is 13.7. The van der Waals surface area contributed by atoms with E-state index in [0.717, 1.165) is 39.0 Å². The molecule has 6 heteroatoms. The lowest BCUT2D eigenvalue weighted by atomic mass is 9.78. The minimum atomic E-state index is -0.423. The number of ether oxygens (including phenoxy) is 2. The SMILES string of the molecule is CC(C)OC(=O)C1C2CCC(O2)C1C(=O)N1CCN(C)CC1. The highest BCUT2D eigenvalue weighted by atomic mass is 16.6. The molecule has 0 aromatic rings. The first-order valence-electron chi connectivity index (χ1n) is 8.30. The van der Waals surface area contributed by atoms with Crippen molar-refractivity contribution in [1.82, 2.24) is 9.80 Å². The van der Waals surface area contributed by atoms with Crippen LogP contribution in [0.15, 0.2) is 0 Å². The molecule has 3 saturated heterocycles. The number of rotatable bonds is 3. The van der Waals surface area contributed by atoms with Gasteiger partial charge in [0.1, 0.15) is 0 Å². The molecule has 6 nitrogen and oxygen atoms in total. The smallest absolute Gasteiger partial charge is 0.312 e. The second-order valence-corrected chi connectivity index (χ2v) is 6.96. The van der Waals surface area contributed by atoms with Crippen molar-refractivity contribution in [2.45, 2.75) is 45.0 Å². The Balaban J connectivity index is 1.72. The topological polar surface area (TPSA) is 59.1 Å². The van der Waals surface area contributed by atoms with Crippen LogP contribution in [0.25, 0.3) is 0 Å². The molecule has 22 heavy (non-hydrogen) atoms. The highest BCUT2D eigenvalue weighted by molar-refractivity contribution is 5.87. The van der Waals surface area contributed by atoms with Gasteiger partial charge >= 0.3 is 5.97 Å². The first-order valence-corrected chi connectivity index (χ1v) is 8.30.